The maximum atomic E-state index is 12.5. The van der Waals surface area contributed by atoms with Gasteiger partial charge in [-0.25, -0.2) is 4.79 Å². The van der Waals surface area contributed by atoms with Gasteiger partial charge in [-0.15, -0.1) is 0 Å². The maximum absolute atomic E-state index is 12.5. The van der Waals surface area contributed by atoms with Gasteiger partial charge in [0.05, 0.1) is 0 Å². The summed E-state index contributed by atoms with van der Waals surface area (Å²) in [6.07, 6.45) is -1.26. The number of ketones is 1. The minimum absolute atomic E-state index is 0.0893. The summed E-state index contributed by atoms with van der Waals surface area (Å²) in [5, 5.41) is 10.5. The first kappa shape index (κ1) is 25.8. The number of benzene rings is 1. The summed E-state index contributed by atoms with van der Waals surface area (Å²) < 4.78 is 31.7. The highest BCUT2D eigenvalue weighted by Gasteiger charge is 2.38. The van der Waals surface area contributed by atoms with Gasteiger partial charge in [-0.3, -0.25) is 9.59 Å². The SMILES string of the molecule is CC1CC(C)CN(C(=O)CCC(=O)c2ccc3c(c2)CCNCC3)C1.O=C(O)C(F)(F)F. The Balaban J connectivity index is 0.000000451. The van der Waals surface area contributed by atoms with Crippen LogP contribution in [0.25, 0.3) is 0 Å². The quantitative estimate of drug-likeness (QED) is 0.678. The lowest BCUT2D eigenvalue weighted by Crippen LogP contribution is -2.42. The Bertz CT molecular complexity index is 816. The number of carbonyl (C=O) groups excluding carboxylic acids is 2. The molecule has 2 aliphatic rings. The van der Waals surface area contributed by atoms with Crippen molar-refractivity contribution >= 4 is 17.7 Å². The predicted molar refractivity (Wildman–Crippen MR) is 114 cm³/mol. The number of fused-ring (bicyclic) bond motifs is 1. The van der Waals surface area contributed by atoms with Crippen molar-refractivity contribution in [2.45, 2.75) is 52.1 Å². The lowest BCUT2D eigenvalue weighted by molar-refractivity contribution is -0.192. The van der Waals surface area contributed by atoms with E-state index in [1.807, 2.05) is 17.0 Å². The first-order valence-electron chi connectivity index (χ1n) is 10.9. The molecular formula is C23H31F3N2O4. The molecule has 0 aliphatic carbocycles. The number of amides is 1. The molecule has 1 saturated heterocycles. The number of nitrogens with one attached hydrogen (secondary N) is 1. The van der Waals surface area contributed by atoms with Crippen molar-refractivity contribution in [3.8, 4) is 0 Å². The van der Waals surface area contributed by atoms with Crippen molar-refractivity contribution < 1.29 is 32.7 Å². The van der Waals surface area contributed by atoms with Crippen LogP contribution in [0.5, 0.6) is 0 Å². The van der Waals surface area contributed by atoms with Crippen molar-refractivity contribution in [2.24, 2.45) is 11.8 Å². The lowest BCUT2D eigenvalue weighted by atomic mass is 9.91. The average molecular weight is 457 g/mol. The number of aliphatic carboxylic acids is 1. The van der Waals surface area contributed by atoms with Crippen LogP contribution < -0.4 is 5.32 Å². The Kier molecular flexibility index (Phi) is 9.24. The molecule has 1 amide bonds. The Morgan fingerprint density at radius 1 is 1.03 bits per heavy atom. The smallest absolute Gasteiger partial charge is 0.475 e. The van der Waals surface area contributed by atoms with Gasteiger partial charge < -0.3 is 15.3 Å². The number of nitrogens with zero attached hydrogens (tertiary/aromatic N) is 1. The van der Waals surface area contributed by atoms with Gasteiger partial charge in [-0.05, 0) is 61.4 Å². The molecule has 0 saturated carbocycles. The number of piperidine rings is 1. The van der Waals surface area contributed by atoms with E-state index in [9.17, 15) is 22.8 Å². The molecule has 2 atom stereocenters. The highest BCUT2D eigenvalue weighted by atomic mass is 19.4. The van der Waals surface area contributed by atoms with E-state index < -0.39 is 12.1 Å². The number of likely N-dealkylation sites (tertiary alicyclic amines) is 1. The number of carbonyl (C=O) groups is 3. The van der Waals surface area contributed by atoms with Crippen LogP contribution in [0.15, 0.2) is 18.2 Å². The third kappa shape index (κ3) is 7.93. The molecule has 1 aromatic carbocycles. The second-order valence-electron chi connectivity index (χ2n) is 8.70. The van der Waals surface area contributed by atoms with Crippen LogP contribution in [-0.4, -0.2) is 60.0 Å². The summed E-state index contributed by atoms with van der Waals surface area (Å²) in [7, 11) is 0. The molecule has 1 fully saturated rings. The number of Topliss-reactive ketones (excluding diaryl/α,β-unsaturated/α-hetero) is 1. The molecule has 1 aromatic rings. The average Bonchev–Trinajstić information content (AvgIpc) is 2.95. The third-order valence-electron chi connectivity index (χ3n) is 5.70. The molecule has 0 radical (unpaired) electrons. The zero-order valence-corrected chi connectivity index (χ0v) is 18.5. The number of hydrogen-bond acceptors (Lipinski definition) is 4. The summed E-state index contributed by atoms with van der Waals surface area (Å²) in [4.78, 5) is 35.9. The van der Waals surface area contributed by atoms with Crippen LogP contribution in [0.1, 0.15) is 54.6 Å². The van der Waals surface area contributed by atoms with Gasteiger partial charge in [0.15, 0.2) is 5.78 Å². The van der Waals surface area contributed by atoms with Gasteiger partial charge >= 0.3 is 12.1 Å². The van der Waals surface area contributed by atoms with Crippen molar-refractivity contribution in [1.82, 2.24) is 10.2 Å². The standard InChI is InChI=1S/C21H30N2O2.C2HF3O2/c1-15-11-16(2)14-23(13-15)21(25)6-5-20(24)19-4-3-17-7-9-22-10-8-18(17)12-19;3-2(4,5)1(6)7/h3-4,12,15-16,22H,5-11,13-14H2,1-2H3;(H,6,7). The molecule has 0 aromatic heterocycles. The first-order chi connectivity index (χ1) is 15.0. The Labute approximate surface area is 186 Å². The minimum atomic E-state index is -5.08. The molecule has 0 bridgehead atoms. The van der Waals surface area contributed by atoms with Crippen molar-refractivity contribution in [1.29, 1.82) is 0 Å². The first-order valence-corrected chi connectivity index (χ1v) is 10.9. The molecule has 2 heterocycles. The highest BCUT2D eigenvalue weighted by Crippen LogP contribution is 2.22. The fraction of sp³-hybridized carbons (Fsp3) is 0.609. The van der Waals surface area contributed by atoms with Gasteiger partial charge in [0.1, 0.15) is 0 Å². The zero-order chi connectivity index (χ0) is 23.9. The van der Waals surface area contributed by atoms with E-state index in [1.165, 1.54) is 17.5 Å². The molecule has 0 spiro atoms. The molecule has 9 heteroatoms. The van der Waals surface area contributed by atoms with E-state index in [0.29, 0.717) is 24.7 Å². The lowest BCUT2D eigenvalue weighted by Gasteiger charge is -2.35. The normalized spacial score (nSPS) is 21.0. The molecule has 2 aliphatic heterocycles. The van der Waals surface area contributed by atoms with E-state index in [2.05, 4.69) is 25.2 Å². The number of halogens is 3. The number of carboxylic acids is 1. The predicted octanol–water partition coefficient (Wildman–Crippen LogP) is 3.48. The van der Waals surface area contributed by atoms with E-state index in [-0.39, 0.29) is 11.7 Å². The van der Waals surface area contributed by atoms with E-state index in [1.54, 1.807) is 0 Å². The third-order valence-corrected chi connectivity index (χ3v) is 5.70. The number of carboxylic acid groups (broad SMARTS) is 1. The molecule has 2 unspecified atom stereocenters. The summed E-state index contributed by atoms with van der Waals surface area (Å²) in [5.74, 6) is -1.42. The Hall–Kier alpha value is -2.42. The maximum Gasteiger partial charge on any atom is 0.490 e. The van der Waals surface area contributed by atoms with Gasteiger partial charge in [0, 0.05) is 31.5 Å². The number of alkyl halides is 3. The van der Waals surface area contributed by atoms with Crippen LogP contribution in [-0.2, 0) is 22.4 Å². The molecular weight excluding hydrogens is 425 g/mol. The zero-order valence-electron chi connectivity index (χ0n) is 18.5. The van der Waals surface area contributed by atoms with Crippen molar-refractivity contribution in [3.63, 3.8) is 0 Å². The second-order valence-corrected chi connectivity index (χ2v) is 8.70. The van der Waals surface area contributed by atoms with Gasteiger partial charge in [0.2, 0.25) is 5.91 Å². The summed E-state index contributed by atoms with van der Waals surface area (Å²) >= 11 is 0. The van der Waals surface area contributed by atoms with Crippen molar-refractivity contribution in [3.05, 3.63) is 34.9 Å². The largest absolute Gasteiger partial charge is 0.490 e. The molecule has 3 rings (SSSR count). The summed E-state index contributed by atoms with van der Waals surface area (Å²) in [6, 6.07) is 6.06. The van der Waals surface area contributed by atoms with Gasteiger partial charge in [-0.2, -0.15) is 13.2 Å². The number of hydrogen-bond donors (Lipinski definition) is 2. The summed E-state index contributed by atoms with van der Waals surface area (Å²) in [6.45, 7) is 8.04. The van der Waals surface area contributed by atoms with Crippen LogP contribution in [0.2, 0.25) is 0 Å². The van der Waals surface area contributed by atoms with Gasteiger partial charge in [-0.1, -0.05) is 26.0 Å². The fourth-order valence-electron chi connectivity index (χ4n) is 4.24. The van der Waals surface area contributed by atoms with E-state index >= 15 is 0 Å². The monoisotopic (exact) mass is 456 g/mol. The van der Waals surface area contributed by atoms with E-state index in [0.717, 1.165) is 44.6 Å². The molecule has 2 N–H and O–H groups in total. The Morgan fingerprint density at radius 3 is 2.16 bits per heavy atom. The number of rotatable bonds is 4. The molecule has 32 heavy (non-hydrogen) atoms. The van der Waals surface area contributed by atoms with Crippen LogP contribution in [0.3, 0.4) is 0 Å². The summed E-state index contributed by atoms with van der Waals surface area (Å²) in [5.41, 5.74) is 3.38. The minimum Gasteiger partial charge on any atom is -0.475 e. The topological polar surface area (TPSA) is 86.7 Å². The van der Waals surface area contributed by atoms with Crippen molar-refractivity contribution in [2.75, 3.05) is 26.2 Å². The second kappa shape index (κ2) is 11.4. The molecule has 6 nitrogen and oxygen atoms in total. The highest BCUT2D eigenvalue weighted by molar-refractivity contribution is 5.98. The van der Waals surface area contributed by atoms with Crippen LogP contribution in [0, 0.1) is 11.8 Å². The van der Waals surface area contributed by atoms with Crippen LogP contribution >= 0.6 is 0 Å². The Morgan fingerprint density at radius 2 is 1.59 bits per heavy atom. The van der Waals surface area contributed by atoms with Gasteiger partial charge in [0.25, 0.3) is 0 Å². The molecule has 178 valence electrons. The van der Waals surface area contributed by atoms with Crippen LogP contribution in [0.4, 0.5) is 13.2 Å². The van der Waals surface area contributed by atoms with E-state index in [4.69, 9.17) is 9.90 Å². The fourth-order valence-corrected chi connectivity index (χ4v) is 4.24.